The molecular formula is C22H33NO7S2. The number of thioether (sulfide) groups is 1. The first kappa shape index (κ1) is 26.6. The van der Waals surface area contributed by atoms with Crippen molar-refractivity contribution < 1.29 is 31.8 Å². The quantitative estimate of drug-likeness (QED) is 0.221. The third-order valence-electron chi connectivity index (χ3n) is 4.79. The van der Waals surface area contributed by atoms with Crippen LogP contribution in [-0.2, 0) is 33.5 Å². The number of benzene rings is 1. The number of esters is 2. The third kappa shape index (κ3) is 8.38. The topological polar surface area (TPSA) is 99.0 Å². The molecule has 0 amide bonds. The van der Waals surface area contributed by atoms with E-state index in [4.69, 9.17) is 13.8 Å². The Balaban J connectivity index is 1.85. The van der Waals surface area contributed by atoms with Gasteiger partial charge in [-0.2, -0.15) is 12.7 Å². The lowest BCUT2D eigenvalue weighted by Gasteiger charge is -2.07. The van der Waals surface area contributed by atoms with E-state index in [9.17, 15) is 18.0 Å². The second-order valence-corrected chi connectivity index (χ2v) is 10.7. The number of carbonyl (C=O) groups excluding carboxylic acids is 2. The van der Waals surface area contributed by atoms with Crippen LogP contribution < -0.4 is 0 Å². The number of rotatable bonds is 14. The van der Waals surface area contributed by atoms with Gasteiger partial charge in [0.1, 0.15) is 5.37 Å². The number of unbranched alkanes of at least 4 members (excludes halogenated alkanes) is 2. The first-order valence-corrected chi connectivity index (χ1v) is 13.3. The fourth-order valence-electron chi connectivity index (χ4n) is 2.97. The van der Waals surface area contributed by atoms with Crippen LogP contribution in [0, 0.1) is 12.8 Å². The highest BCUT2D eigenvalue weighted by molar-refractivity contribution is 8.00. The Morgan fingerprint density at radius 2 is 1.78 bits per heavy atom. The lowest BCUT2D eigenvalue weighted by Crippen LogP contribution is -2.19. The van der Waals surface area contributed by atoms with E-state index in [1.807, 2.05) is 6.92 Å². The van der Waals surface area contributed by atoms with E-state index >= 15 is 0 Å². The van der Waals surface area contributed by atoms with Gasteiger partial charge < -0.3 is 9.47 Å². The molecule has 0 aromatic heterocycles. The Labute approximate surface area is 195 Å². The van der Waals surface area contributed by atoms with E-state index in [1.54, 1.807) is 19.1 Å². The highest BCUT2D eigenvalue weighted by Gasteiger charge is 2.58. The van der Waals surface area contributed by atoms with Crippen molar-refractivity contribution in [3.8, 4) is 0 Å². The van der Waals surface area contributed by atoms with Gasteiger partial charge in [0.25, 0.3) is 0 Å². The zero-order valence-corrected chi connectivity index (χ0v) is 20.7. The second-order valence-electron chi connectivity index (χ2n) is 8.06. The molecule has 0 saturated carbocycles. The van der Waals surface area contributed by atoms with Crippen LogP contribution in [0.3, 0.4) is 0 Å². The number of carbonyl (C=O) groups is 2. The molecule has 1 saturated heterocycles. The number of hydroxylamine groups is 2. The minimum atomic E-state index is -4.11. The number of nitrogens with zero attached hydrogens (tertiary/aromatic N) is 1. The van der Waals surface area contributed by atoms with Crippen molar-refractivity contribution >= 4 is 33.8 Å². The summed E-state index contributed by atoms with van der Waals surface area (Å²) in [4.78, 5) is 24.2. The first-order chi connectivity index (χ1) is 15.2. The molecule has 32 heavy (non-hydrogen) atoms. The Kier molecular flexibility index (Phi) is 10.5. The molecule has 3 unspecified atom stereocenters. The van der Waals surface area contributed by atoms with E-state index < -0.39 is 33.5 Å². The Hall–Kier alpha value is -1.62. The lowest BCUT2D eigenvalue weighted by molar-refractivity contribution is -0.145. The fourth-order valence-corrected chi connectivity index (χ4v) is 5.04. The summed E-state index contributed by atoms with van der Waals surface area (Å²) in [6.45, 7) is 8.37. The monoisotopic (exact) mass is 487 g/mol. The molecule has 1 aliphatic heterocycles. The van der Waals surface area contributed by atoms with Gasteiger partial charge in [0.2, 0.25) is 0 Å². The minimum absolute atomic E-state index is 0.0155. The zero-order chi connectivity index (χ0) is 23.7. The summed E-state index contributed by atoms with van der Waals surface area (Å²) in [5.41, 5.74) is 0.909. The van der Waals surface area contributed by atoms with E-state index in [0.717, 1.165) is 48.1 Å². The van der Waals surface area contributed by atoms with Crippen LogP contribution >= 0.6 is 11.8 Å². The van der Waals surface area contributed by atoms with Crippen molar-refractivity contribution in [1.29, 1.82) is 0 Å². The highest BCUT2D eigenvalue weighted by Crippen LogP contribution is 2.40. The van der Waals surface area contributed by atoms with Gasteiger partial charge in [0, 0.05) is 0 Å². The molecule has 0 N–H and O–H groups in total. The van der Waals surface area contributed by atoms with Crippen molar-refractivity contribution in [2.75, 3.05) is 19.0 Å². The normalized spacial score (nSPS) is 20.2. The van der Waals surface area contributed by atoms with Crippen molar-refractivity contribution in [3.05, 3.63) is 29.8 Å². The smallest absolute Gasteiger partial charge is 0.328 e. The highest BCUT2D eigenvalue weighted by atomic mass is 32.2. The molecule has 1 fully saturated rings. The van der Waals surface area contributed by atoms with Gasteiger partial charge in [-0.3, -0.25) is 9.59 Å². The summed E-state index contributed by atoms with van der Waals surface area (Å²) >= 11 is 1.09. The fraction of sp³-hybridized carbons (Fsp3) is 0.636. The molecule has 1 aromatic carbocycles. The van der Waals surface area contributed by atoms with Crippen LogP contribution in [0.4, 0.5) is 0 Å². The summed E-state index contributed by atoms with van der Waals surface area (Å²) in [6, 6.07) is 5.30. The molecule has 1 aromatic rings. The average Bonchev–Trinajstić information content (AvgIpc) is 3.40. The standard InChI is InChI=1S/C22H33NO7S2/c1-5-28-22(25)20-21(31-15-19(24)29-14-8-6-7-9-16(2)3)23(20)30-32(26,27)18-12-10-17(4)11-13-18/h10-13,16,20-21H,5-9,14-15H2,1-4H3. The molecule has 10 heteroatoms. The van der Waals surface area contributed by atoms with Gasteiger partial charge in [-0.15, -0.1) is 16.8 Å². The van der Waals surface area contributed by atoms with Crippen LogP contribution in [0.25, 0.3) is 0 Å². The maximum atomic E-state index is 12.6. The van der Waals surface area contributed by atoms with Crippen LogP contribution in [0.15, 0.2) is 29.2 Å². The molecule has 0 bridgehead atoms. The number of ether oxygens (including phenoxy) is 2. The maximum Gasteiger partial charge on any atom is 0.328 e. The second kappa shape index (κ2) is 12.6. The van der Waals surface area contributed by atoms with Crippen LogP contribution in [0.5, 0.6) is 0 Å². The molecule has 0 aliphatic carbocycles. The van der Waals surface area contributed by atoms with Crippen molar-refractivity contribution in [3.63, 3.8) is 0 Å². The van der Waals surface area contributed by atoms with Crippen molar-refractivity contribution in [1.82, 2.24) is 5.06 Å². The SMILES string of the molecule is CCOC(=O)C1C(SCC(=O)OCCCCCC(C)C)N1OS(=O)(=O)c1ccc(C)cc1. The van der Waals surface area contributed by atoms with Crippen LogP contribution in [0.2, 0.25) is 0 Å². The molecular weight excluding hydrogens is 454 g/mol. The predicted octanol–water partition coefficient (Wildman–Crippen LogP) is 3.68. The molecule has 0 spiro atoms. The average molecular weight is 488 g/mol. The van der Waals surface area contributed by atoms with Crippen molar-refractivity contribution in [2.45, 2.75) is 69.7 Å². The maximum absolute atomic E-state index is 12.6. The summed E-state index contributed by atoms with van der Waals surface area (Å²) in [7, 11) is -4.11. The summed E-state index contributed by atoms with van der Waals surface area (Å²) in [5, 5.41) is 0.407. The van der Waals surface area contributed by atoms with Gasteiger partial charge in [-0.1, -0.05) is 50.8 Å². The van der Waals surface area contributed by atoms with Gasteiger partial charge >= 0.3 is 22.1 Å². The van der Waals surface area contributed by atoms with E-state index in [0.29, 0.717) is 12.5 Å². The van der Waals surface area contributed by atoms with Gasteiger partial charge in [-0.25, -0.2) is 0 Å². The van der Waals surface area contributed by atoms with Gasteiger partial charge in [0.05, 0.1) is 23.9 Å². The molecule has 0 radical (unpaired) electrons. The van der Waals surface area contributed by atoms with Crippen molar-refractivity contribution in [2.24, 2.45) is 5.92 Å². The molecule has 2 rings (SSSR count). The Morgan fingerprint density at radius 3 is 2.41 bits per heavy atom. The minimum Gasteiger partial charge on any atom is -0.465 e. The summed E-state index contributed by atoms with van der Waals surface area (Å²) in [5.74, 6) is -0.353. The number of aryl methyl sites for hydroxylation is 1. The van der Waals surface area contributed by atoms with E-state index in [-0.39, 0.29) is 17.3 Å². The predicted molar refractivity (Wildman–Crippen MR) is 122 cm³/mol. The largest absolute Gasteiger partial charge is 0.465 e. The molecule has 8 nitrogen and oxygen atoms in total. The van der Waals surface area contributed by atoms with E-state index in [2.05, 4.69) is 13.8 Å². The summed E-state index contributed by atoms with van der Waals surface area (Å²) in [6.07, 6.45) is 4.07. The number of hydrogen-bond acceptors (Lipinski definition) is 9. The molecule has 1 heterocycles. The molecule has 180 valence electrons. The Bertz CT molecular complexity index is 856. The summed E-state index contributed by atoms with van der Waals surface area (Å²) < 4.78 is 40.5. The zero-order valence-electron chi connectivity index (χ0n) is 19.1. The molecule has 1 aliphatic rings. The van der Waals surface area contributed by atoms with Gasteiger partial charge in [0.15, 0.2) is 6.04 Å². The first-order valence-electron chi connectivity index (χ1n) is 10.9. The van der Waals surface area contributed by atoms with Crippen LogP contribution in [0.1, 0.15) is 52.0 Å². The third-order valence-corrected chi connectivity index (χ3v) is 7.22. The molecule has 3 atom stereocenters. The Morgan fingerprint density at radius 1 is 1.09 bits per heavy atom. The van der Waals surface area contributed by atoms with Gasteiger partial charge in [-0.05, 0) is 38.3 Å². The van der Waals surface area contributed by atoms with Crippen LogP contribution in [-0.4, -0.2) is 55.8 Å². The number of hydrogen-bond donors (Lipinski definition) is 0. The van der Waals surface area contributed by atoms with E-state index in [1.165, 1.54) is 12.1 Å². The lowest BCUT2D eigenvalue weighted by atomic mass is 10.1.